The molecule has 2 heterocycles. The van der Waals surface area contributed by atoms with Gasteiger partial charge in [0.15, 0.2) is 0 Å². The number of nitrogens with zero attached hydrogens (tertiary/aromatic N) is 2. The summed E-state index contributed by atoms with van der Waals surface area (Å²) in [5.74, 6) is 0. The summed E-state index contributed by atoms with van der Waals surface area (Å²) in [4.78, 5) is 0. The number of hydrogen-bond donors (Lipinski definition) is 0. The van der Waals surface area contributed by atoms with E-state index in [1.165, 1.54) is 5.19 Å². The minimum Gasteiger partial charge on any atom is -0.379 e. The standard InChI is InChI=1S/C14H21ClN2O2Si/c15-20(14-4-2-1-3-5-14,16-6-10-18-11-7-16)17-8-12-19-13-9-17/h1-5H,6-13H2. The minimum atomic E-state index is -2.34. The van der Waals surface area contributed by atoms with Crippen molar-refractivity contribution in [2.75, 3.05) is 52.6 Å². The Morgan fingerprint density at radius 1 is 0.800 bits per heavy atom. The average molecular weight is 313 g/mol. The second-order valence-corrected chi connectivity index (χ2v) is 9.75. The van der Waals surface area contributed by atoms with Crippen LogP contribution in [0.4, 0.5) is 0 Å². The molecule has 2 aliphatic rings. The second kappa shape index (κ2) is 6.55. The van der Waals surface area contributed by atoms with Gasteiger partial charge in [-0.3, -0.25) is 9.13 Å². The predicted octanol–water partition coefficient (Wildman–Crippen LogP) is 0.736. The van der Waals surface area contributed by atoms with Gasteiger partial charge < -0.3 is 9.47 Å². The summed E-state index contributed by atoms with van der Waals surface area (Å²) in [6, 6.07) is 10.6. The zero-order chi connectivity index (χ0) is 13.8. The van der Waals surface area contributed by atoms with E-state index in [1.54, 1.807) is 0 Å². The van der Waals surface area contributed by atoms with Crippen molar-refractivity contribution in [2.45, 2.75) is 0 Å². The first-order chi connectivity index (χ1) is 9.82. The summed E-state index contributed by atoms with van der Waals surface area (Å²) < 4.78 is 15.9. The molecule has 0 spiro atoms. The molecule has 4 nitrogen and oxygen atoms in total. The molecule has 1 aromatic carbocycles. The van der Waals surface area contributed by atoms with E-state index in [2.05, 4.69) is 33.4 Å². The molecule has 1 aromatic rings. The molecule has 0 radical (unpaired) electrons. The molecule has 6 heteroatoms. The zero-order valence-electron chi connectivity index (χ0n) is 11.6. The van der Waals surface area contributed by atoms with Gasteiger partial charge in [0, 0.05) is 26.2 Å². The van der Waals surface area contributed by atoms with Crippen LogP contribution in [-0.4, -0.2) is 69.4 Å². The maximum absolute atomic E-state index is 7.30. The lowest BCUT2D eigenvalue weighted by Gasteiger charge is -2.47. The lowest BCUT2D eigenvalue weighted by molar-refractivity contribution is 0.0487. The predicted molar refractivity (Wildman–Crippen MR) is 82.5 cm³/mol. The third kappa shape index (κ3) is 2.79. The van der Waals surface area contributed by atoms with Gasteiger partial charge in [0.05, 0.1) is 26.4 Å². The fraction of sp³-hybridized carbons (Fsp3) is 0.571. The highest BCUT2D eigenvalue weighted by Crippen LogP contribution is 2.23. The Morgan fingerprint density at radius 2 is 1.25 bits per heavy atom. The van der Waals surface area contributed by atoms with Crippen molar-refractivity contribution in [3.8, 4) is 0 Å². The number of ether oxygens (including phenoxy) is 2. The van der Waals surface area contributed by atoms with E-state index in [9.17, 15) is 0 Å². The van der Waals surface area contributed by atoms with Crippen molar-refractivity contribution in [3.05, 3.63) is 30.3 Å². The Labute approximate surface area is 126 Å². The minimum absolute atomic E-state index is 0.776. The molecule has 2 aliphatic heterocycles. The van der Waals surface area contributed by atoms with E-state index < -0.39 is 7.71 Å². The van der Waals surface area contributed by atoms with Gasteiger partial charge in [0.1, 0.15) is 0 Å². The van der Waals surface area contributed by atoms with Crippen LogP contribution in [0, 0.1) is 0 Å². The molecular weight excluding hydrogens is 292 g/mol. The molecule has 2 fully saturated rings. The molecule has 0 saturated carbocycles. The van der Waals surface area contributed by atoms with Crippen LogP contribution in [-0.2, 0) is 9.47 Å². The lowest BCUT2D eigenvalue weighted by Crippen LogP contribution is -2.72. The number of benzene rings is 1. The van der Waals surface area contributed by atoms with Crippen molar-refractivity contribution < 1.29 is 9.47 Å². The van der Waals surface area contributed by atoms with Crippen LogP contribution < -0.4 is 5.19 Å². The normalized spacial score (nSPS) is 22.9. The Morgan fingerprint density at radius 3 is 1.70 bits per heavy atom. The van der Waals surface area contributed by atoms with Gasteiger partial charge in [0.2, 0.25) is 0 Å². The van der Waals surface area contributed by atoms with Crippen LogP contribution in [0.2, 0.25) is 0 Å². The van der Waals surface area contributed by atoms with Crippen LogP contribution >= 0.6 is 11.1 Å². The molecule has 3 rings (SSSR count). The van der Waals surface area contributed by atoms with Gasteiger partial charge in [0.25, 0.3) is 0 Å². The van der Waals surface area contributed by atoms with Crippen LogP contribution in [0.3, 0.4) is 0 Å². The van der Waals surface area contributed by atoms with Crippen LogP contribution in [0.1, 0.15) is 0 Å². The Balaban J connectivity index is 1.92. The molecule has 0 aliphatic carbocycles. The maximum Gasteiger partial charge on any atom is 0.340 e. The van der Waals surface area contributed by atoms with Crippen molar-refractivity contribution >= 4 is 24.0 Å². The fourth-order valence-corrected chi connectivity index (χ4v) is 7.62. The Kier molecular flexibility index (Phi) is 4.75. The molecule has 0 N–H and O–H groups in total. The van der Waals surface area contributed by atoms with Crippen LogP contribution in [0.5, 0.6) is 0 Å². The highest BCUT2D eigenvalue weighted by Gasteiger charge is 2.47. The van der Waals surface area contributed by atoms with Gasteiger partial charge in [-0.1, -0.05) is 30.3 Å². The van der Waals surface area contributed by atoms with Crippen molar-refractivity contribution in [2.24, 2.45) is 0 Å². The van der Waals surface area contributed by atoms with Gasteiger partial charge in [-0.25, -0.2) is 0 Å². The fourth-order valence-electron chi connectivity index (χ4n) is 2.93. The molecule has 0 aromatic heterocycles. The molecule has 20 heavy (non-hydrogen) atoms. The van der Waals surface area contributed by atoms with Gasteiger partial charge in [-0.15, -0.1) is 11.1 Å². The van der Waals surface area contributed by atoms with E-state index >= 15 is 0 Å². The molecular formula is C14H21ClN2O2Si. The Hall–Kier alpha value is -0.433. The highest BCUT2D eigenvalue weighted by atomic mass is 35.6. The summed E-state index contributed by atoms with van der Waals surface area (Å²) in [6.45, 7) is 6.78. The number of hydrogen-bond acceptors (Lipinski definition) is 4. The summed E-state index contributed by atoms with van der Waals surface area (Å²) in [6.07, 6.45) is 0. The quantitative estimate of drug-likeness (QED) is 0.607. The molecule has 0 unspecified atom stereocenters. The second-order valence-electron chi connectivity index (χ2n) is 5.15. The Bertz CT molecular complexity index is 404. The first kappa shape index (κ1) is 14.5. The van der Waals surface area contributed by atoms with E-state index in [0.717, 1.165) is 52.6 Å². The number of halogens is 1. The highest BCUT2D eigenvalue weighted by molar-refractivity contribution is 7.24. The largest absolute Gasteiger partial charge is 0.379 e. The topological polar surface area (TPSA) is 24.9 Å². The van der Waals surface area contributed by atoms with Crippen LogP contribution in [0.25, 0.3) is 0 Å². The lowest BCUT2D eigenvalue weighted by atomic mass is 10.4. The van der Waals surface area contributed by atoms with Crippen LogP contribution in [0.15, 0.2) is 30.3 Å². The zero-order valence-corrected chi connectivity index (χ0v) is 13.4. The first-order valence-electron chi connectivity index (χ1n) is 7.22. The molecule has 0 atom stereocenters. The average Bonchev–Trinajstić information content (AvgIpc) is 2.56. The van der Waals surface area contributed by atoms with Gasteiger partial charge in [-0.2, -0.15) is 0 Å². The third-order valence-electron chi connectivity index (χ3n) is 4.00. The smallest absolute Gasteiger partial charge is 0.340 e. The monoisotopic (exact) mass is 312 g/mol. The number of morpholine rings is 2. The van der Waals surface area contributed by atoms with Crippen molar-refractivity contribution in [1.29, 1.82) is 0 Å². The van der Waals surface area contributed by atoms with Gasteiger partial charge >= 0.3 is 7.71 Å². The third-order valence-corrected chi connectivity index (χ3v) is 9.73. The summed E-state index contributed by atoms with van der Waals surface area (Å²) in [5, 5.41) is 1.27. The van der Waals surface area contributed by atoms with Crippen molar-refractivity contribution in [1.82, 2.24) is 9.13 Å². The van der Waals surface area contributed by atoms with E-state index in [4.69, 9.17) is 20.6 Å². The molecule has 110 valence electrons. The molecule has 2 saturated heterocycles. The summed E-state index contributed by atoms with van der Waals surface area (Å²) in [7, 11) is -2.34. The molecule has 0 amide bonds. The summed E-state index contributed by atoms with van der Waals surface area (Å²) >= 11 is 7.30. The first-order valence-corrected chi connectivity index (χ1v) is 10.1. The number of rotatable bonds is 3. The SMILES string of the molecule is Cl[Si](c1ccccc1)(N1CCOCC1)N1CCOCC1. The van der Waals surface area contributed by atoms with E-state index in [0.29, 0.717) is 0 Å². The molecule has 0 bridgehead atoms. The maximum atomic E-state index is 7.30. The summed E-state index contributed by atoms with van der Waals surface area (Å²) in [5.41, 5.74) is 0. The van der Waals surface area contributed by atoms with E-state index in [-0.39, 0.29) is 0 Å². The van der Waals surface area contributed by atoms with Crippen molar-refractivity contribution in [3.63, 3.8) is 0 Å². The van der Waals surface area contributed by atoms with E-state index in [1.807, 2.05) is 6.07 Å². The van der Waals surface area contributed by atoms with Gasteiger partial charge in [-0.05, 0) is 5.19 Å².